The maximum atomic E-state index is 13.5. The number of esters is 1. The van der Waals surface area contributed by atoms with E-state index in [4.69, 9.17) is 14.2 Å². The maximum Gasteiger partial charge on any atom is 0.408 e. The monoisotopic (exact) mass is 619 g/mol. The van der Waals surface area contributed by atoms with Gasteiger partial charge in [0.2, 0.25) is 5.91 Å². The number of ether oxygens (including phenoxy) is 3. The van der Waals surface area contributed by atoms with Crippen molar-refractivity contribution in [1.82, 2.24) is 20.2 Å². The van der Waals surface area contributed by atoms with Gasteiger partial charge < -0.3 is 34.7 Å². The van der Waals surface area contributed by atoms with E-state index < -0.39 is 41.2 Å². The Kier molecular flexibility index (Phi) is 10.3. The zero-order chi connectivity index (χ0) is 32.8. The number of anilines is 1. The molecule has 0 bridgehead atoms. The van der Waals surface area contributed by atoms with Crippen LogP contribution in [0.5, 0.6) is 0 Å². The quantitative estimate of drug-likeness (QED) is 0.274. The highest BCUT2D eigenvalue weighted by Gasteiger charge is 2.37. The zero-order valence-corrected chi connectivity index (χ0v) is 26.5. The third-order valence-corrected chi connectivity index (χ3v) is 7.04. The van der Waals surface area contributed by atoms with E-state index in [1.165, 1.54) is 20.8 Å². The molecule has 1 heterocycles. The van der Waals surface area contributed by atoms with Crippen LogP contribution in [0, 0.1) is 0 Å². The molecule has 0 radical (unpaired) electrons. The van der Waals surface area contributed by atoms with Gasteiger partial charge >= 0.3 is 12.1 Å². The van der Waals surface area contributed by atoms with Crippen LogP contribution in [0.25, 0.3) is 0 Å². The number of hydrogen-bond acceptors (Lipinski definition) is 8. The van der Waals surface area contributed by atoms with E-state index in [0.717, 1.165) is 16.7 Å². The number of nitrogens with zero attached hydrogens (tertiary/aromatic N) is 2. The van der Waals surface area contributed by atoms with E-state index in [-0.39, 0.29) is 31.0 Å². The SMILES string of the molecule is CC(=O)O[C@@H]1Cc2ccccc2[C@@H]1n1cnc(NC(=O)[C@@H](COCc2ccccc2)NC(=O)C(C)(C)NC(=O)OC(C)(C)C)c1. The van der Waals surface area contributed by atoms with Crippen LogP contribution >= 0.6 is 0 Å². The molecule has 3 amide bonds. The van der Waals surface area contributed by atoms with Gasteiger partial charge in [0.15, 0.2) is 5.82 Å². The van der Waals surface area contributed by atoms with Crippen molar-refractivity contribution in [3.63, 3.8) is 0 Å². The van der Waals surface area contributed by atoms with Gasteiger partial charge in [0, 0.05) is 19.5 Å². The Labute approximate surface area is 262 Å². The molecule has 12 nitrogen and oxygen atoms in total. The maximum absolute atomic E-state index is 13.5. The molecule has 4 rings (SSSR count). The highest BCUT2D eigenvalue weighted by Crippen LogP contribution is 2.36. The molecule has 0 aliphatic heterocycles. The first-order valence-electron chi connectivity index (χ1n) is 14.7. The number of alkyl carbamates (subject to hydrolysis) is 1. The van der Waals surface area contributed by atoms with Crippen molar-refractivity contribution < 1.29 is 33.4 Å². The highest BCUT2D eigenvalue weighted by atomic mass is 16.6. The van der Waals surface area contributed by atoms with Crippen LogP contribution in [0.4, 0.5) is 10.6 Å². The van der Waals surface area contributed by atoms with Crippen LogP contribution in [0.1, 0.15) is 64.3 Å². The van der Waals surface area contributed by atoms with E-state index in [2.05, 4.69) is 20.9 Å². The number of carbonyl (C=O) groups excluding carboxylic acids is 4. The second-order valence-corrected chi connectivity index (χ2v) is 12.5. The summed E-state index contributed by atoms with van der Waals surface area (Å²) in [7, 11) is 0. The van der Waals surface area contributed by atoms with Crippen molar-refractivity contribution in [2.24, 2.45) is 0 Å². The fourth-order valence-corrected chi connectivity index (χ4v) is 4.98. The number of aromatic nitrogens is 2. The molecule has 12 heteroatoms. The Morgan fingerprint density at radius 2 is 1.69 bits per heavy atom. The fourth-order valence-electron chi connectivity index (χ4n) is 4.98. The highest BCUT2D eigenvalue weighted by molar-refractivity contribution is 5.98. The summed E-state index contributed by atoms with van der Waals surface area (Å²) >= 11 is 0. The molecule has 0 saturated carbocycles. The lowest BCUT2D eigenvalue weighted by molar-refractivity contribution is -0.147. The van der Waals surface area contributed by atoms with Crippen LogP contribution in [0.15, 0.2) is 67.1 Å². The molecule has 0 spiro atoms. The lowest BCUT2D eigenvalue weighted by atomic mass is 10.0. The van der Waals surface area contributed by atoms with Crippen molar-refractivity contribution in [1.29, 1.82) is 0 Å². The van der Waals surface area contributed by atoms with Gasteiger partial charge in [-0.1, -0.05) is 54.6 Å². The molecule has 0 saturated heterocycles. The molecule has 0 unspecified atom stereocenters. The minimum atomic E-state index is -1.41. The number of fused-ring (bicyclic) bond motifs is 1. The number of rotatable bonds is 11. The number of carbonyl (C=O) groups is 4. The lowest BCUT2D eigenvalue weighted by Gasteiger charge is -2.29. The molecule has 3 aromatic rings. The zero-order valence-electron chi connectivity index (χ0n) is 26.5. The van der Waals surface area contributed by atoms with Crippen LogP contribution in [0.3, 0.4) is 0 Å². The summed E-state index contributed by atoms with van der Waals surface area (Å²) in [5, 5.41) is 8.01. The molecular formula is C33H41N5O7. The number of benzene rings is 2. The van der Waals surface area contributed by atoms with E-state index >= 15 is 0 Å². The Hall–Kier alpha value is -4.71. The van der Waals surface area contributed by atoms with Crippen molar-refractivity contribution >= 4 is 29.7 Å². The third kappa shape index (κ3) is 9.15. The Morgan fingerprint density at radius 3 is 2.38 bits per heavy atom. The second kappa shape index (κ2) is 13.9. The van der Waals surface area contributed by atoms with Gasteiger partial charge in [-0.15, -0.1) is 0 Å². The second-order valence-electron chi connectivity index (χ2n) is 12.5. The van der Waals surface area contributed by atoms with Crippen molar-refractivity contribution in [3.05, 3.63) is 83.8 Å². The molecule has 1 aliphatic carbocycles. The van der Waals surface area contributed by atoms with Crippen LogP contribution in [0.2, 0.25) is 0 Å². The molecule has 240 valence electrons. The minimum absolute atomic E-state index is 0.153. The largest absolute Gasteiger partial charge is 0.460 e. The number of imidazole rings is 1. The van der Waals surface area contributed by atoms with Crippen molar-refractivity contribution in [3.8, 4) is 0 Å². The van der Waals surface area contributed by atoms with Gasteiger partial charge in [0.25, 0.3) is 5.91 Å². The summed E-state index contributed by atoms with van der Waals surface area (Å²) in [5.41, 5.74) is 0.788. The molecule has 1 aromatic heterocycles. The normalized spacial score (nSPS) is 16.7. The predicted molar refractivity (Wildman–Crippen MR) is 166 cm³/mol. The van der Waals surface area contributed by atoms with Crippen molar-refractivity contribution in [2.45, 2.75) is 83.9 Å². The molecule has 3 N–H and O–H groups in total. The van der Waals surface area contributed by atoms with Gasteiger partial charge in [0.05, 0.1) is 25.6 Å². The Balaban J connectivity index is 1.49. The lowest BCUT2D eigenvalue weighted by Crippen LogP contribution is -2.59. The predicted octanol–water partition coefficient (Wildman–Crippen LogP) is 3.90. The molecule has 0 fully saturated rings. The number of hydrogen-bond donors (Lipinski definition) is 3. The van der Waals surface area contributed by atoms with Gasteiger partial charge in [0.1, 0.15) is 23.3 Å². The van der Waals surface area contributed by atoms with Gasteiger partial charge in [-0.3, -0.25) is 14.4 Å². The number of amides is 3. The first-order chi connectivity index (χ1) is 21.2. The molecule has 3 atom stereocenters. The third-order valence-electron chi connectivity index (χ3n) is 7.04. The van der Waals surface area contributed by atoms with Crippen LogP contribution in [-0.2, 0) is 41.6 Å². The Morgan fingerprint density at radius 1 is 1.00 bits per heavy atom. The first kappa shape index (κ1) is 33.2. The van der Waals surface area contributed by atoms with Gasteiger partial charge in [-0.25, -0.2) is 9.78 Å². The van der Waals surface area contributed by atoms with Crippen LogP contribution in [-0.4, -0.2) is 63.3 Å². The van der Waals surface area contributed by atoms with E-state index in [1.54, 1.807) is 37.9 Å². The van der Waals surface area contributed by atoms with Crippen molar-refractivity contribution in [2.75, 3.05) is 11.9 Å². The summed E-state index contributed by atoms with van der Waals surface area (Å²) in [6.07, 6.45) is 2.57. The topological polar surface area (TPSA) is 150 Å². The molecule has 1 aliphatic rings. The van der Waals surface area contributed by atoms with Gasteiger partial charge in [-0.2, -0.15) is 0 Å². The summed E-state index contributed by atoms with van der Waals surface area (Å²) in [6.45, 7) is 9.60. The summed E-state index contributed by atoms with van der Waals surface area (Å²) in [6, 6.07) is 15.8. The molecule has 2 aromatic carbocycles. The first-order valence-corrected chi connectivity index (χ1v) is 14.7. The molecular weight excluding hydrogens is 578 g/mol. The summed E-state index contributed by atoms with van der Waals surface area (Å²) < 4.78 is 18.5. The van der Waals surface area contributed by atoms with E-state index in [9.17, 15) is 19.2 Å². The van der Waals surface area contributed by atoms with E-state index in [0.29, 0.717) is 6.42 Å². The van der Waals surface area contributed by atoms with Gasteiger partial charge in [-0.05, 0) is 51.3 Å². The molecule has 45 heavy (non-hydrogen) atoms. The summed E-state index contributed by atoms with van der Waals surface area (Å²) in [4.78, 5) is 55.4. The fraction of sp³-hybridized carbons (Fsp3) is 0.424. The number of nitrogens with one attached hydrogen (secondary N) is 3. The summed E-state index contributed by atoms with van der Waals surface area (Å²) in [5.74, 6) is -1.34. The van der Waals surface area contributed by atoms with Crippen LogP contribution < -0.4 is 16.0 Å². The average molecular weight is 620 g/mol. The standard InChI is InChI=1S/C33H41N5O7/c1-21(39)44-26-16-23-14-10-11-15-24(23)28(26)38-17-27(34-20-38)36-29(40)25(19-43-18-22-12-8-7-9-13-22)35-30(41)33(5,6)37-31(42)45-32(2,3)4/h7-15,17,20,25-26,28H,16,18-19H2,1-6H3,(H,35,41)(H,36,40)(H,37,42)/t25-,26-,28+/m1/s1. The minimum Gasteiger partial charge on any atom is -0.460 e. The van der Waals surface area contributed by atoms with E-state index in [1.807, 2.05) is 54.6 Å². The smallest absolute Gasteiger partial charge is 0.408 e. The average Bonchev–Trinajstić information content (AvgIpc) is 3.54. The Bertz CT molecular complexity index is 1510.